The van der Waals surface area contributed by atoms with Crippen LogP contribution in [0.4, 0.5) is 0 Å². The van der Waals surface area contributed by atoms with Crippen LogP contribution in [0, 0.1) is 0 Å². The third-order valence-electron chi connectivity index (χ3n) is 4.83. The van der Waals surface area contributed by atoms with Gasteiger partial charge in [-0.2, -0.15) is 0 Å². The topological polar surface area (TPSA) is 28.2 Å². The molecule has 0 amide bonds. The normalized spacial score (nSPS) is 31.8. The van der Waals surface area contributed by atoms with Gasteiger partial charge in [0.15, 0.2) is 0 Å². The van der Waals surface area contributed by atoms with Crippen LogP contribution < -0.4 is 5.32 Å². The van der Waals surface area contributed by atoms with Crippen LogP contribution in [0.1, 0.15) is 51.5 Å². The number of nitrogens with one attached hydrogen (secondary N) is 1. The van der Waals surface area contributed by atoms with E-state index in [2.05, 4.69) is 41.4 Å². The summed E-state index contributed by atoms with van der Waals surface area (Å²) < 4.78 is 0. The molecular formula is C15H25N3S. The van der Waals surface area contributed by atoms with Crippen LogP contribution in [-0.2, 0) is 5.54 Å². The molecule has 0 radical (unpaired) electrons. The molecule has 2 unspecified atom stereocenters. The SMILES string of the molecule is CCNC1CC2CCC(C1)N2C(C)(C)c1nccs1. The van der Waals surface area contributed by atoms with Gasteiger partial charge < -0.3 is 5.32 Å². The van der Waals surface area contributed by atoms with E-state index in [1.54, 1.807) is 11.3 Å². The van der Waals surface area contributed by atoms with Crippen molar-refractivity contribution in [2.75, 3.05) is 6.54 Å². The molecule has 0 saturated carbocycles. The van der Waals surface area contributed by atoms with Crippen LogP contribution in [-0.4, -0.2) is 34.6 Å². The predicted molar refractivity (Wildman–Crippen MR) is 80.5 cm³/mol. The molecule has 19 heavy (non-hydrogen) atoms. The van der Waals surface area contributed by atoms with Gasteiger partial charge in [-0.05, 0) is 46.1 Å². The molecular weight excluding hydrogens is 254 g/mol. The minimum atomic E-state index is 0.0944. The van der Waals surface area contributed by atoms with Gasteiger partial charge in [-0.1, -0.05) is 6.92 Å². The summed E-state index contributed by atoms with van der Waals surface area (Å²) >= 11 is 1.80. The summed E-state index contributed by atoms with van der Waals surface area (Å²) in [5.74, 6) is 0. The molecule has 0 aliphatic carbocycles. The highest BCUT2D eigenvalue weighted by Gasteiger charge is 2.48. The standard InChI is InChI=1S/C15H25N3S/c1-4-16-11-9-12-5-6-13(10-11)18(12)15(2,3)14-17-7-8-19-14/h7-8,11-13,16H,4-6,9-10H2,1-3H3. The smallest absolute Gasteiger partial charge is 0.112 e. The first-order valence-electron chi connectivity index (χ1n) is 7.54. The number of aromatic nitrogens is 1. The maximum absolute atomic E-state index is 4.58. The van der Waals surface area contributed by atoms with Gasteiger partial charge in [0.25, 0.3) is 0 Å². The summed E-state index contributed by atoms with van der Waals surface area (Å²) in [6.07, 6.45) is 7.27. The van der Waals surface area contributed by atoms with E-state index >= 15 is 0 Å². The summed E-state index contributed by atoms with van der Waals surface area (Å²) in [4.78, 5) is 7.34. The average Bonchev–Trinajstić information content (AvgIpc) is 2.98. The molecule has 4 heteroatoms. The molecule has 2 aliphatic heterocycles. The van der Waals surface area contributed by atoms with E-state index in [0.717, 1.165) is 24.7 Å². The molecule has 2 aliphatic rings. The first-order valence-corrected chi connectivity index (χ1v) is 8.42. The van der Waals surface area contributed by atoms with Crippen molar-refractivity contribution in [1.82, 2.24) is 15.2 Å². The first kappa shape index (κ1) is 13.5. The molecule has 3 heterocycles. The van der Waals surface area contributed by atoms with Crippen molar-refractivity contribution in [2.24, 2.45) is 0 Å². The van der Waals surface area contributed by atoms with Crippen molar-refractivity contribution in [3.63, 3.8) is 0 Å². The summed E-state index contributed by atoms with van der Waals surface area (Å²) in [6, 6.07) is 2.20. The molecule has 3 rings (SSSR count). The lowest BCUT2D eigenvalue weighted by Gasteiger charge is -2.47. The third kappa shape index (κ3) is 2.34. The minimum Gasteiger partial charge on any atom is -0.314 e. The quantitative estimate of drug-likeness (QED) is 0.918. The second-order valence-corrected chi connectivity index (χ2v) is 7.31. The van der Waals surface area contributed by atoms with Crippen LogP contribution in [0.2, 0.25) is 0 Å². The zero-order chi connectivity index (χ0) is 13.5. The summed E-state index contributed by atoms with van der Waals surface area (Å²) in [5, 5.41) is 7.02. The average molecular weight is 279 g/mol. The Morgan fingerprint density at radius 3 is 2.58 bits per heavy atom. The zero-order valence-electron chi connectivity index (χ0n) is 12.2. The molecule has 1 aromatic rings. The summed E-state index contributed by atoms with van der Waals surface area (Å²) in [5.41, 5.74) is 0.0944. The van der Waals surface area contributed by atoms with E-state index in [0.29, 0.717) is 0 Å². The highest BCUT2D eigenvalue weighted by molar-refractivity contribution is 7.09. The van der Waals surface area contributed by atoms with Crippen LogP contribution >= 0.6 is 11.3 Å². The highest BCUT2D eigenvalue weighted by atomic mass is 32.1. The number of fused-ring (bicyclic) bond motifs is 2. The van der Waals surface area contributed by atoms with Gasteiger partial charge in [-0.3, -0.25) is 4.90 Å². The third-order valence-corrected chi connectivity index (χ3v) is 5.91. The first-order chi connectivity index (χ1) is 9.13. The van der Waals surface area contributed by atoms with Gasteiger partial charge in [-0.25, -0.2) is 4.98 Å². The Morgan fingerprint density at radius 2 is 2.05 bits per heavy atom. The second kappa shape index (κ2) is 5.15. The van der Waals surface area contributed by atoms with E-state index in [4.69, 9.17) is 0 Å². The molecule has 3 nitrogen and oxygen atoms in total. The number of nitrogens with zero attached hydrogens (tertiary/aromatic N) is 2. The van der Waals surface area contributed by atoms with Gasteiger partial charge in [0.1, 0.15) is 5.01 Å². The van der Waals surface area contributed by atoms with Gasteiger partial charge in [0.05, 0.1) is 5.54 Å². The van der Waals surface area contributed by atoms with Crippen LogP contribution in [0.15, 0.2) is 11.6 Å². The molecule has 0 aromatic carbocycles. The Bertz CT molecular complexity index is 401. The van der Waals surface area contributed by atoms with E-state index < -0.39 is 0 Å². The molecule has 2 saturated heterocycles. The van der Waals surface area contributed by atoms with Gasteiger partial charge in [0, 0.05) is 29.7 Å². The van der Waals surface area contributed by atoms with Crippen molar-refractivity contribution < 1.29 is 0 Å². The summed E-state index contributed by atoms with van der Waals surface area (Å²) in [7, 11) is 0. The molecule has 2 bridgehead atoms. The van der Waals surface area contributed by atoms with Crippen LogP contribution in [0.5, 0.6) is 0 Å². The number of hydrogen-bond acceptors (Lipinski definition) is 4. The Labute approximate surface area is 120 Å². The van der Waals surface area contributed by atoms with E-state index in [1.165, 1.54) is 30.7 Å². The fourth-order valence-corrected chi connectivity index (χ4v) is 4.95. The Hall–Kier alpha value is -0.450. The number of piperidine rings is 1. The zero-order valence-corrected chi connectivity index (χ0v) is 13.0. The fourth-order valence-electron chi connectivity index (χ4n) is 4.18. The lowest BCUT2D eigenvalue weighted by Crippen LogP contribution is -2.55. The molecule has 1 N–H and O–H groups in total. The number of hydrogen-bond donors (Lipinski definition) is 1. The molecule has 1 aromatic heterocycles. The maximum atomic E-state index is 4.58. The van der Waals surface area contributed by atoms with Gasteiger partial charge in [-0.15, -0.1) is 11.3 Å². The van der Waals surface area contributed by atoms with E-state index in [9.17, 15) is 0 Å². The maximum Gasteiger partial charge on any atom is 0.112 e. The lowest BCUT2D eigenvalue weighted by molar-refractivity contribution is 0.0181. The minimum absolute atomic E-state index is 0.0944. The second-order valence-electron chi connectivity index (χ2n) is 6.41. The lowest BCUT2D eigenvalue weighted by atomic mass is 9.91. The monoisotopic (exact) mass is 279 g/mol. The molecule has 106 valence electrons. The van der Waals surface area contributed by atoms with Gasteiger partial charge >= 0.3 is 0 Å². The fraction of sp³-hybridized carbons (Fsp3) is 0.800. The predicted octanol–water partition coefficient (Wildman–Crippen LogP) is 2.98. The van der Waals surface area contributed by atoms with Crippen molar-refractivity contribution in [3.05, 3.63) is 16.6 Å². The van der Waals surface area contributed by atoms with Crippen LogP contribution in [0.25, 0.3) is 0 Å². The van der Waals surface area contributed by atoms with Crippen LogP contribution in [0.3, 0.4) is 0 Å². The van der Waals surface area contributed by atoms with E-state index in [-0.39, 0.29) is 5.54 Å². The van der Waals surface area contributed by atoms with Crippen molar-refractivity contribution in [2.45, 2.75) is 70.1 Å². The molecule has 0 spiro atoms. The Morgan fingerprint density at radius 1 is 1.37 bits per heavy atom. The number of thiazole rings is 1. The highest BCUT2D eigenvalue weighted by Crippen LogP contribution is 2.44. The Balaban J connectivity index is 1.80. The van der Waals surface area contributed by atoms with Crippen molar-refractivity contribution in [1.29, 1.82) is 0 Å². The molecule has 2 atom stereocenters. The van der Waals surface area contributed by atoms with E-state index in [1.807, 2.05) is 6.20 Å². The number of rotatable bonds is 4. The van der Waals surface area contributed by atoms with Gasteiger partial charge in [0.2, 0.25) is 0 Å². The largest absolute Gasteiger partial charge is 0.314 e. The van der Waals surface area contributed by atoms with Crippen molar-refractivity contribution in [3.8, 4) is 0 Å². The van der Waals surface area contributed by atoms with Crippen molar-refractivity contribution >= 4 is 11.3 Å². The molecule has 2 fully saturated rings. The Kier molecular flexibility index (Phi) is 3.67. The summed E-state index contributed by atoms with van der Waals surface area (Å²) in [6.45, 7) is 8.02.